The van der Waals surface area contributed by atoms with Crippen LogP contribution in [-0.2, 0) is 32.5 Å². The fourth-order valence-corrected chi connectivity index (χ4v) is 8.26. The largest absolute Gasteiger partial charge is 0.506 e. The highest BCUT2D eigenvalue weighted by Gasteiger charge is 2.40. The van der Waals surface area contributed by atoms with Gasteiger partial charge in [-0.15, -0.1) is 11.3 Å². The topological polar surface area (TPSA) is 182 Å². The summed E-state index contributed by atoms with van der Waals surface area (Å²) in [5.41, 5.74) is 1.42. The number of phenols is 1. The normalized spacial score (nSPS) is 15.4. The van der Waals surface area contributed by atoms with E-state index in [-0.39, 0.29) is 53.7 Å². The second-order valence-electron chi connectivity index (χ2n) is 13.3. The number of thiazole rings is 1. The van der Waals surface area contributed by atoms with Gasteiger partial charge in [0, 0.05) is 31.6 Å². The van der Waals surface area contributed by atoms with Gasteiger partial charge < -0.3 is 30.1 Å². The Kier molecular flexibility index (Phi) is 13.4. The predicted molar refractivity (Wildman–Crippen MR) is 194 cm³/mol. The maximum atomic E-state index is 14.1. The number of amides is 4. The molecule has 0 unspecified atom stereocenters. The van der Waals surface area contributed by atoms with Crippen molar-refractivity contribution in [2.24, 2.45) is 11.8 Å². The molecule has 1 aliphatic rings. The summed E-state index contributed by atoms with van der Waals surface area (Å²) in [5, 5.41) is 30.1. The minimum Gasteiger partial charge on any atom is -0.506 e. The Balaban J connectivity index is 1.59. The number of nitrogens with one attached hydrogen (secondary N) is 2. The zero-order valence-corrected chi connectivity index (χ0v) is 31.4. The summed E-state index contributed by atoms with van der Waals surface area (Å²) in [5.74, 6) is -1.25. The van der Waals surface area contributed by atoms with Gasteiger partial charge in [0.1, 0.15) is 11.8 Å². The van der Waals surface area contributed by atoms with Crippen molar-refractivity contribution in [2.75, 3.05) is 38.6 Å². The van der Waals surface area contributed by atoms with Crippen molar-refractivity contribution < 1.29 is 37.8 Å². The van der Waals surface area contributed by atoms with Crippen LogP contribution in [0, 0.1) is 18.8 Å². The van der Waals surface area contributed by atoms with Gasteiger partial charge in [-0.1, -0.05) is 58.0 Å². The highest BCUT2D eigenvalue weighted by atomic mass is 32.2. The average molecular weight is 745 g/mol. The van der Waals surface area contributed by atoms with Gasteiger partial charge in [-0.2, -0.15) is 4.31 Å². The van der Waals surface area contributed by atoms with E-state index in [9.17, 15) is 33.0 Å². The number of aromatic hydroxyl groups is 1. The van der Waals surface area contributed by atoms with Gasteiger partial charge in [0.2, 0.25) is 15.9 Å². The Morgan fingerprint density at radius 2 is 1.78 bits per heavy atom. The number of hydrogen-bond donors (Lipinski definition) is 4. The molecule has 0 aliphatic carbocycles. The molecular formula is C35H48N6O8S2. The van der Waals surface area contributed by atoms with Gasteiger partial charge >= 0.3 is 12.1 Å². The first-order valence-corrected chi connectivity index (χ1v) is 19.1. The van der Waals surface area contributed by atoms with Gasteiger partial charge in [0.05, 0.1) is 47.1 Å². The molecule has 0 radical (unpaired) electrons. The zero-order valence-electron chi connectivity index (χ0n) is 29.8. The molecule has 278 valence electrons. The molecule has 4 amide bonds. The fourth-order valence-electron chi connectivity index (χ4n) is 6.01. The molecule has 0 saturated carbocycles. The molecule has 1 fully saturated rings. The molecule has 1 saturated heterocycles. The van der Waals surface area contributed by atoms with Gasteiger partial charge in [0.15, 0.2) is 0 Å². The highest BCUT2D eigenvalue weighted by Crippen LogP contribution is 2.29. The van der Waals surface area contributed by atoms with E-state index in [4.69, 9.17) is 0 Å². The fraction of sp³-hybridized carbons (Fsp3) is 0.486. The SMILES string of the molecule is COC(=O)Nc1cc(S(=O)(=O)N(CC(C)C)C[C@@H](O)[C@H](Cc2ccccc2)NC(=O)[C@H](C(C)C)N2CCN(Cc3csc(C)n3)C2=O)ccc1O. The van der Waals surface area contributed by atoms with Crippen molar-refractivity contribution in [3.05, 3.63) is 70.2 Å². The van der Waals surface area contributed by atoms with Crippen molar-refractivity contribution in [1.82, 2.24) is 24.4 Å². The minimum absolute atomic E-state index is 0.0251. The van der Waals surface area contributed by atoms with Crippen molar-refractivity contribution in [2.45, 2.75) is 70.7 Å². The average Bonchev–Trinajstić information content (AvgIpc) is 3.65. The molecule has 3 aromatic rings. The molecule has 2 aromatic carbocycles. The molecule has 51 heavy (non-hydrogen) atoms. The van der Waals surface area contributed by atoms with E-state index in [0.717, 1.165) is 39.8 Å². The van der Waals surface area contributed by atoms with Crippen LogP contribution in [0.2, 0.25) is 0 Å². The number of aliphatic hydroxyl groups excluding tert-OH is 1. The lowest BCUT2D eigenvalue weighted by Crippen LogP contribution is -2.57. The van der Waals surface area contributed by atoms with Crippen molar-refractivity contribution in [3.8, 4) is 5.75 Å². The number of aromatic nitrogens is 1. The summed E-state index contributed by atoms with van der Waals surface area (Å²) in [6, 6.07) is 10.6. The van der Waals surface area contributed by atoms with Gasteiger partial charge in [-0.25, -0.2) is 23.0 Å². The van der Waals surface area contributed by atoms with E-state index in [2.05, 4.69) is 20.4 Å². The van der Waals surface area contributed by atoms with E-state index in [0.29, 0.717) is 19.6 Å². The van der Waals surface area contributed by atoms with Crippen LogP contribution in [0.15, 0.2) is 58.8 Å². The number of ether oxygens (including phenoxy) is 1. The van der Waals surface area contributed by atoms with E-state index in [1.54, 1.807) is 9.80 Å². The van der Waals surface area contributed by atoms with E-state index < -0.39 is 40.2 Å². The van der Waals surface area contributed by atoms with Crippen LogP contribution < -0.4 is 10.6 Å². The summed E-state index contributed by atoms with van der Waals surface area (Å²) in [7, 11) is -3.16. The van der Waals surface area contributed by atoms with Crippen LogP contribution in [0.25, 0.3) is 0 Å². The number of aliphatic hydroxyl groups is 1. The summed E-state index contributed by atoms with van der Waals surface area (Å²) in [6.07, 6.45) is -2.09. The summed E-state index contributed by atoms with van der Waals surface area (Å²) < 4.78 is 33.8. The Morgan fingerprint density at radius 3 is 2.39 bits per heavy atom. The second-order valence-corrected chi connectivity index (χ2v) is 16.3. The first-order valence-electron chi connectivity index (χ1n) is 16.8. The monoisotopic (exact) mass is 744 g/mol. The lowest BCUT2D eigenvalue weighted by molar-refractivity contribution is -0.128. The third-order valence-electron chi connectivity index (χ3n) is 8.46. The lowest BCUT2D eigenvalue weighted by atomic mass is 9.97. The molecule has 3 atom stereocenters. The second kappa shape index (κ2) is 17.3. The van der Waals surface area contributed by atoms with Crippen LogP contribution in [-0.4, -0.2) is 107 Å². The Hall–Kier alpha value is -4.25. The Labute approximate surface area is 303 Å². The molecule has 1 aliphatic heterocycles. The number of hydrogen-bond acceptors (Lipinski definition) is 10. The minimum atomic E-state index is -4.29. The number of phenolic OH excluding ortho intramolecular Hbond substituents is 1. The third kappa shape index (κ3) is 10.2. The number of benzene rings is 2. The van der Waals surface area contributed by atoms with Crippen molar-refractivity contribution in [3.63, 3.8) is 0 Å². The summed E-state index contributed by atoms with van der Waals surface area (Å²) in [6.45, 7) is 10.0. The summed E-state index contributed by atoms with van der Waals surface area (Å²) in [4.78, 5) is 46.9. The predicted octanol–water partition coefficient (Wildman–Crippen LogP) is 4.03. The van der Waals surface area contributed by atoms with E-state index >= 15 is 0 Å². The quantitative estimate of drug-likeness (QED) is 0.158. The Morgan fingerprint density at radius 1 is 1.08 bits per heavy atom. The van der Waals surface area contributed by atoms with Crippen molar-refractivity contribution in [1.29, 1.82) is 0 Å². The molecule has 14 nitrogen and oxygen atoms in total. The van der Waals surface area contributed by atoms with E-state index in [1.807, 2.05) is 70.3 Å². The standard InChI is InChI=1S/C35H48N6O8S2/c1-22(2)18-40(51(47,48)27-12-13-30(42)29(17-27)38-34(45)49-6)20-31(43)28(16-25-10-8-7-9-11-25)37-33(44)32(23(3)4)41-15-14-39(35(41)46)19-26-21-50-24(5)36-26/h7-13,17,21-23,28,31-32,42-43H,14-16,18-20H2,1-6H3,(H,37,44)(H,38,45)/t28-,31+,32-/m0/s1. The number of carbonyl (C=O) groups is 3. The highest BCUT2D eigenvalue weighted by molar-refractivity contribution is 7.89. The molecule has 1 aromatic heterocycles. The van der Waals surface area contributed by atoms with Crippen molar-refractivity contribution >= 4 is 45.1 Å². The van der Waals surface area contributed by atoms with Crippen LogP contribution in [0.3, 0.4) is 0 Å². The molecule has 0 spiro atoms. The van der Waals surface area contributed by atoms with Gasteiger partial charge in [-0.3, -0.25) is 10.1 Å². The zero-order chi connectivity index (χ0) is 37.5. The number of anilines is 1. The number of urea groups is 1. The third-order valence-corrected chi connectivity index (χ3v) is 11.1. The van der Waals surface area contributed by atoms with Crippen LogP contribution >= 0.6 is 11.3 Å². The van der Waals surface area contributed by atoms with Crippen LogP contribution in [0.5, 0.6) is 5.75 Å². The number of aryl methyl sites for hydroxylation is 1. The van der Waals surface area contributed by atoms with Crippen LogP contribution in [0.4, 0.5) is 15.3 Å². The molecule has 4 N–H and O–H groups in total. The van der Waals surface area contributed by atoms with Crippen LogP contribution in [0.1, 0.15) is 44.0 Å². The number of carbonyl (C=O) groups excluding carboxylic acids is 3. The number of sulfonamides is 1. The smallest absolute Gasteiger partial charge is 0.411 e. The number of methoxy groups -OCH3 is 1. The first-order chi connectivity index (χ1) is 24.1. The maximum Gasteiger partial charge on any atom is 0.411 e. The Bertz CT molecular complexity index is 1770. The van der Waals surface area contributed by atoms with Gasteiger partial charge in [0.25, 0.3) is 0 Å². The molecule has 16 heteroatoms. The summed E-state index contributed by atoms with van der Waals surface area (Å²) >= 11 is 1.51. The molecule has 2 heterocycles. The molecule has 0 bridgehead atoms. The number of rotatable bonds is 16. The van der Waals surface area contributed by atoms with E-state index in [1.165, 1.54) is 17.4 Å². The first kappa shape index (κ1) is 39.5. The molecular weight excluding hydrogens is 697 g/mol. The van der Waals surface area contributed by atoms with Gasteiger partial charge in [-0.05, 0) is 48.9 Å². The lowest BCUT2D eigenvalue weighted by Gasteiger charge is -2.34. The maximum absolute atomic E-state index is 14.1. The molecule has 4 rings (SSSR count). The number of nitrogens with zero attached hydrogens (tertiary/aromatic N) is 4.